The summed E-state index contributed by atoms with van der Waals surface area (Å²) in [5, 5.41) is 3.83. The van der Waals surface area contributed by atoms with Crippen LogP contribution in [0, 0.1) is 12.1 Å². The average molecular weight is 773 g/mol. The van der Waals surface area contributed by atoms with Gasteiger partial charge in [-0.3, -0.25) is 0 Å². The summed E-state index contributed by atoms with van der Waals surface area (Å²) in [5.74, 6) is 1.21. The number of rotatable bonds is 5. The Morgan fingerprint density at radius 2 is 1.64 bits per heavy atom. The van der Waals surface area contributed by atoms with Gasteiger partial charge in [-0.2, -0.15) is 0 Å². The normalized spacial score (nSPS) is 13.6. The second-order valence-corrected chi connectivity index (χ2v) is 18.1. The number of pyridine rings is 2. The molecule has 6 aromatic rings. The molecule has 3 aromatic carbocycles. The third-order valence-electron chi connectivity index (χ3n) is 8.60. The summed E-state index contributed by atoms with van der Waals surface area (Å²) in [6.45, 7) is 11.5. The number of benzene rings is 3. The van der Waals surface area contributed by atoms with E-state index in [-0.39, 0.29) is 20.1 Å². The molecule has 0 unspecified atom stereocenters. The fraction of sp³-hybridized carbons (Fsp3) is 0.282. The van der Waals surface area contributed by atoms with Gasteiger partial charge in [0.2, 0.25) is 0 Å². The van der Waals surface area contributed by atoms with Gasteiger partial charge in [0.05, 0.1) is 13.7 Å². The number of hydrogen-bond acceptors (Lipinski definition) is 3. The van der Waals surface area contributed by atoms with Crippen molar-refractivity contribution >= 4 is 35.2 Å². The molecule has 7 rings (SSSR count). The van der Waals surface area contributed by atoms with E-state index in [0.29, 0.717) is 11.8 Å². The molecule has 1 saturated carbocycles. The molecule has 3 aromatic heterocycles. The number of hydrogen-bond donors (Lipinski definition) is 0. The summed E-state index contributed by atoms with van der Waals surface area (Å²) >= 11 is 0. The smallest absolute Gasteiger partial charge is 0.120 e. The van der Waals surface area contributed by atoms with Gasteiger partial charge in [-0.15, -0.1) is 54.1 Å². The second-order valence-electron chi connectivity index (χ2n) is 13.0. The molecule has 3 nitrogen and oxygen atoms in total. The molecule has 0 saturated heterocycles. The minimum absolute atomic E-state index is 0. The summed E-state index contributed by atoms with van der Waals surface area (Å²) in [4.78, 5) is 9.11. The van der Waals surface area contributed by atoms with E-state index in [0.717, 1.165) is 39.1 Å². The SMILES string of the molecule is CC(C)c1ccc(-c2[c-]cccc2)nc1.C[Si](C)(C)c1ccc2oc3c(-c4cc(C5CCCC5)ccn4)[c-]ccc3c2c1.[Ir]. The Bertz CT molecular complexity index is 1830. The van der Waals surface area contributed by atoms with E-state index in [9.17, 15) is 0 Å². The van der Waals surface area contributed by atoms with Crippen LogP contribution in [0.2, 0.25) is 19.6 Å². The van der Waals surface area contributed by atoms with Crippen LogP contribution in [-0.4, -0.2) is 18.0 Å². The average Bonchev–Trinajstić information content (AvgIpc) is 3.70. The molecule has 0 spiro atoms. The zero-order valence-corrected chi connectivity index (χ0v) is 29.7. The molecule has 0 N–H and O–H groups in total. The predicted octanol–water partition coefficient (Wildman–Crippen LogP) is 10.3. The molecular weight excluding hydrogens is 733 g/mol. The fourth-order valence-corrected chi connectivity index (χ4v) is 7.11. The quantitative estimate of drug-likeness (QED) is 0.129. The zero-order chi connectivity index (χ0) is 30.0. The molecule has 44 heavy (non-hydrogen) atoms. The molecule has 0 amide bonds. The van der Waals surface area contributed by atoms with Crippen molar-refractivity contribution in [2.75, 3.05) is 0 Å². The summed E-state index contributed by atoms with van der Waals surface area (Å²) in [6.07, 6.45) is 9.16. The topological polar surface area (TPSA) is 38.9 Å². The molecule has 1 fully saturated rings. The van der Waals surface area contributed by atoms with Crippen molar-refractivity contribution < 1.29 is 24.5 Å². The van der Waals surface area contributed by atoms with E-state index in [4.69, 9.17) is 4.42 Å². The maximum Gasteiger partial charge on any atom is 0.120 e. The Morgan fingerprint density at radius 1 is 0.818 bits per heavy atom. The summed E-state index contributed by atoms with van der Waals surface area (Å²) in [6, 6.07) is 33.9. The molecule has 227 valence electrons. The molecule has 3 heterocycles. The zero-order valence-electron chi connectivity index (χ0n) is 26.3. The van der Waals surface area contributed by atoms with Crippen molar-refractivity contribution in [3.8, 4) is 22.5 Å². The largest absolute Gasteiger partial charge is 0.501 e. The van der Waals surface area contributed by atoms with Crippen molar-refractivity contribution in [2.24, 2.45) is 0 Å². The van der Waals surface area contributed by atoms with Crippen LogP contribution in [0.15, 0.2) is 95.7 Å². The molecule has 0 aliphatic heterocycles. The molecule has 1 aliphatic rings. The van der Waals surface area contributed by atoms with Crippen molar-refractivity contribution in [1.82, 2.24) is 9.97 Å². The van der Waals surface area contributed by atoms with Gasteiger partial charge in [-0.05, 0) is 53.8 Å². The van der Waals surface area contributed by atoms with Crippen LogP contribution in [0.25, 0.3) is 44.5 Å². The first-order valence-corrected chi connectivity index (χ1v) is 19.0. The number of nitrogens with zero attached hydrogens (tertiary/aromatic N) is 2. The van der Waals surface area contributed by atoms with Crippen molar-refractivity contribution in [3.05, 3.63) is 115 Å². The Balaban J connectivity index is 0.000000204. The maximum absolute atomic E-state index is 6.32. The van der Waals surface area contributed by atoms with Crippen LogP contribution in [0.4, 0.5) is 0 Å². The standard InChI is InChI=1S/C25H26NOSi.C14H14N.Ir/c1-28(2,3)19-11-12-24-22(16-19)20-9-6-10-21(25(20)27-24)23-15-18(13-14-26-23)17-7-4-5-8-17;1-11(2)13-8-9-14(15-10-13)12-6-4-3-5-7-12;/h6,9,11-17H,4-5,7-8H2,1-3H3;3-6,8-11H,1-2H3;/q2*-1;. The minimum Gasteiger partial charge on any atom is -0.501 e. The first kappa shape index (κ1) is 32.0. The van der Waals surface area contributed by atoms with E-state index in [1.54, 1.807) is 0 Å². The second kappa shape index (κ2) is 13.7. The predicted molar refractivity (Wildman–Crippen MR) is 183 cm³/mol. The number of fused-ring (bicyclic) bond motifs is 3. The maximum atomic E-state index is 6.32. The van der Waals surface area contributed by atoms with E-state index in [1.807, 2.05) is 42.7 Å². The van der Waals surface area contributed by atoms with Crippen molar-refractivity contribution in [3.63, 3.8) is 0 Å². The van der Waals surface area contributed by atoms with Gasteiger partial charge < -0.3 is 14.4 Å². The van der Waals surface area contributed by atoms with E-state index < -0.39 is 8.07 Å². The third kappa shape index (κ3) is 6.96. The van der Waals surface area contributed by atoms with Gasteiger partial charge in [0.1, 0.15) is 5.58 Å². The Morgan fingerprint density at radius 3 is 2.32 bits per heavy atom. The Labute approximate surface area is 276 Å². The number of furan rings is 1. The van der Waals surface area contributed by atoms with Crippen LogP contribution >= 0.6 is 0 Å². The summed E-state index contributed by atoms with van der Waals surface area (Å²) in [7, 11) is -1.37. The van der Waals surface area contributed by atoms with Crippen LogP contribution in [0.1, 0.15) is 62.5 Å². The summed E-state index contributed by atoms with van der Waals surface area (Å²) < 4.78 is 6.32. The van der Waals surface area contributed by atoms with Crippen LogP contribution in [-0.2, 0) is 20.1 Å². The molecule has 5 heteroatoms. The molecular formula is C39H40IrN2OSi-2. The van der Waals surface area contributed by atoms with Gasteiger partial charge in [-0.25, -0.2) is 0 Å². The fourth-order valence-electron chi connectivity index (χ4n) is 5.95. The van der Waals surface area contributed by atoms with Crippen LogP contribution in [0.5, 0.6) is 0 Å². The molecule has 1 aliphatic carbocycles. The van der Waals surface area contributed by atoms with Gasteiger partial charge in [0.15, 0.2) is 0 Å². The van der Waals surface area contributed by atoms with Crippen molar-refractivity contribution in [2.45, 2.75) is 71.0 Å². The van der Waals surface area contributed by atoms with E-state index in [1.165, 1.54) is 47.4 Å². The first-order chi connectivity index (χ1) is 20.8. The van der Waals surface area contributed by atoms with Gasteiger partial charge in [0, 0.05) is 37.9 Å². The molecule has 1 radical (unpaired) electrons. The van der Waals surface area contributed by atoms with E-state index >= 15 is 0 Å². The minimum atomic E-state index is -1.37. The van der Waals surface area contributed by atoms with Gasteiger partial charge in [0.25, 0.3) is 0 Å². The van der Waals surface area contributed by atoms with E-state index in [2.05, 4.69) is 104 Å². The van der Waals surface area contributed by atoms with Crippen molar-refractivity contribution in [1.29, 1.82) is 0 Å². The monoisotopic (exact) mass is 773 g/mol. The third-order valence-corrected chi connectivity index (χ3v) is 10.6. The van der Waals surface area contributed by atoms with Gasteiger partial charge >= 0.3 is 0 Å². The molecule has 0 bridgehead atoms. The summed E-state index contributed by atoms with van der Waals surface area (Å²) in [5.41, 5.74) is 8.51. The first-order valence-electron chi connectivity index (χ1n) is 15.5. The van der Waals surface area contributed by atoms with Gasteiger partial charge in [-0.1, -0.05) is 98.4 Å². The van der Waals surface area contributed by atoms with Crippen LogP contribution in [0.3, 0.4) is 0 Å². The number of aromatic nitrogens is 2. The van der Waals surface area contributed by atoms with Crippen LogP contribution < -0.4 is 5.19 Å². The molecule has 0 atom stereocenters. The Hall–Kier alpha value is -3.37. The Kier molecular flexibility index (Phi) is 9.99.